The van der Waals surface area contributed by atoms with Crippen LogP contribution in [0, 0.1) is 5.92 Å². The monoisotopic (exact) mass is 312 g/mol. The Hall–Kier alpha value is -0.790. The van der Waals surface area contributed by atoms with Crippen LogP contribution in [0.3, 0.4) is 0 Å². The Morgan fingerprint density at radius 1 is 1.14 bits per heavy atom. The van der Waals surface area contributed by atoms with E-state index in [2.05, 4.69) is 20.8 Å². The molecule has 4 heteroatoms. The van der Waals surface area contributed by atoms with Gasteiger partial charge in [0.2, 0.25) is 0 Å². The van der Waals surface area contributed by atoms with E-state index in [0.29, 0.717) is 30.4 Å². The van der Waals surface area contributed by atoms with Gasteiger partial charge in [-0.3, -0.25) is 4.52 Å². The topological polar surface area (TPSA) is 35.5 Å². The van der Waals surface area contributed by atoms with E-state index in [0.717, 1.165) is 18.4 Å². The highest BCUT2D eigenvalue weighted by Gasteiger charge is 2.27. The van der Waals surface area contributed by atoms with Crippen LogP contribution < -0.4 is 4.52 Å². The molecule has 1 aromatic carbocycles. The van der Waals surface area contributed by atoms with Crippen LogP contribution in [0.5, 0.6) is 5.75 Å². The third-order valence-electron chi connectivity index (χ3n) is 3.17. The molecule has 1 aromatic rings. The summed E-state index contributed by atoms with van der Waals surface area (Å²) in [7, 11) is -3.08. The van der Waals surface area contributed by atoms with E-state index >= 15 is 0 Å². The molecule has 3 nitrogen and oxygen atoms in total. The molecule has 0 amide bonds. The minimum absolute atomic E-state index is 0.325. The summed E-state index contributed by atoms with van der Waals surface area (Å²) in [6.45, 7) is 10.8. The fourth-order valence-corrected chi connectivity index (χ4v) is 3.91. The molecule has 0 saturated carbocycles. The van der Waals surface area contributed by atoms with Crippen molar-refractivity contribution >= 4 is 7.60 Å². The zero-order valence-electron chi connectivity index (χ0n) is 14.0. The Morgan fingerprint density at radius 3 is 2.38 bits per heavy atom. The van der Waals surface area contributed by atoms with Gasteiger partial charge in [-0.15, -0.1) is 0 Å². The standard InChI is InChI=1S/C17H29O3P/c1-6-7-12-21(18,19-13-14(2)3)20-17-11-9-8-10-16(17)15(4)5/h8-11,14-15H,6-7,12-13H2,1-5H3. The summed E-state index contributed by atoms with van der Waals surface area (Å²) in [5.41, 5.74) is 1.07. The second kappa shape index (κ2) is 8.60. The average Bonchev–Trinajstić information content (AvgIpc) is 2.43. The Labute approximate surface area is 129 Å². The molecule has 120 valence electrons. The Morgan fingerprint density at radius 2 is 1.81 bits per heavy atom. The van der Waals surface area contributed by atoms with Gasteiger partial charge in [0.25, 0.3) is 0 Å². The van der Waals surface area contributed by atoms with Crippen molar-refractivity contribution in [2.24, 2.45) is 5.92 Å². The van der Waals surface area contributed by atoms with Gasteiger partial charge in [-0.1, -0.05) is 59.2 Å². The number of hydrogen-bond acceptors (Lipinski definition) is 3. The van der Waals surface area contributed by atoms with Gasteiger partial charge in [0.1, 0.15) is 5.75 Å². The predicted molar refractivity (Wildman–Crippen MR) is 89.3 cm³/mol. The molecule has 0 aliphatic rings. The van der Waals surface area contributed by atoms with Crippen molar-refractivity contribution in [3.8, 4) is 5.75 Å². The number of para-hydroxylation sites is 1. The summed E-state index contributed by atoms with van der Waals surface area (Å²) >= 11 is 0. The largest absolute Gasteiger partial charge is 0.424 e. The Bertz CT molecular complexity index is 469. The zero-order valence-corrected chi connectivity index (χ0v) is 14.9. The van der Waals surface area contributed by atoms with Crippen molar-refractivity contribution in [3.63, 3.8) is 0 Å². The predicted octanol–water partition coefficient (Wildman–Crippen LogP) is 5.85. The van der Waals surface area contributed by atoms with Crippen molar-refractivity contribution in [1.29, 1.82) is 0 Å². The molecule has 0 bridgehead atoms. The van der Waals surface area contributed by atoms with Crippen molar-refractivity contribution in [3.05, 3.63) is 29.8 Å². The number of unbranched alkanes of at least 4 members (excludes halogenated alkanes) is 1. The van der Waals surface area contributed by atoms with Gasteiger partial charge >= 0.3 is 7.60 Å². The molecule has 1 rings (SSSR count). The van der Waals surface area contributed by atoms with E-state index in [4.69, 9.17) is 9.05 Å². The molecular weight excluding hydrogens is 283 g/mol. The summed E-state index contributed by atoms with van der Waals surface area (Å²) < 4.78 is 24.5. The summed E-state index contributed by atoms with van der Waals surface area (Å²) in [6, 6.07) is 7.79. The molecule has 0 heterocycles. The molecule has 0 spiro atoms. The molecule has 0 fully saturated rings. The van der Waals surface area contributed by atoms with Crippen molar-refractivity contribution in [1.82, 2.24) is 0 Å². The number of rotatable bonds is 9. The first kappa shape index (κ1) is 18.3. The van der Waals surface area contributed by atoms with Gasteiger partial charge in [-0.2, -0.15) is 0 Å². The molecule has 0 saturated heterocycles. The highest BCUT2D eigenvalue weighted by Crippen LogP contribution is 2.50. The average molecular weight is 312 g/mol. The first-order valence-electron chi connectivity index (χ1n) is 7.90. The van der Waals surface area contributed by atoms with Gasteiger partial charge in [0.15, 0.2) is 0 Å². The maximum atomic E-state index is 13.0. The highest BCUT2D eigenvalue weighted by molar-refractivity contribution is 7.54. The summed E-state index contributed by atoms with van der Waals surface area (Å²) in [5.74, 6) is 1.35. The third kappa shape index (κ3) is 6.23. The Kier molecular flexibility index (Phi) is 7.48. The first-order chi connectivity index (χ1) is 9.88. The molecule has 0 N–H and O–H groups in total. The van der Waals surface area contributed by atoms with E-state index < -0.39 is 7.60 Å². The smallest absolute Gasteiger partial charge is 0.379 e. The van der Waals surface area contributed by atoms with E-state index in [1.807, 2.05) is 38.1 Å². The molecule has 0 aliphatic carbocycles. The van der Waals surface area contributed by atoms with Crippen LogP contribution >= 0.6 is 7.60 Å². The number of hydrogen-bond donors (Lipinski definition) is 0. The van der Waals surface area contributed by atoms with Crippen LogP contribution in [0.15, 0.2) is 24.3 Å². The minimum atomic E-state index is -3.08. The molecule has 1 atom stereocenters. The first-order valence-corrected chi connectivity index (χ1v) is 9.63. The lowest BCUT2D eigenvalue weighted by Gasteiger charge is -2.22. The fraction of sp³-hybridized carbons (Fsp3) is 0.647. The van der Waals surface area contributed by atoms with Crippen LogP contribution in [0.1, 0.15) is 58.9 Å². The molecule has 1 unspecified atom stereocenters. The maximum absolute atomic E-state index is 13.0. The minimum Gasteiger partial charge on any atom is -0.424 e. The molecular formula is C17H29O3P. The van der Waals surface area contributed by atoms with Crippen molar-refractivity contribution < 1.29 is 13.6 Å². The van der Waals surface area contributed by atoms with E-state index in [-0.39, 0.29) is 0 Å². The van der Waals surface area contributed by atoms with E-state index in [1.165, 1.54) is 0 Å². The van der Waals surface area contributed by atoms with Gasteiger partial charge in [0.05, 0.1) is 12.8 Å². The SMILES string of the molecule is CCCCP(=O)(OCC(C)C)Oc1ccccc1C(C)C. The fourth-order valence-electron chi connectivity index (χ4n) is 1.94. The Balaban J connectivity index is 2.92. The van der Waals surface area contributed by atoms with Crippen LogP contribution in [-0.4, -0.2) is 12.8 Å². The second-order valence-corrected chi connectivity index (χ2v) is 8.27. The number of benzene rings is 1. The lowest BCUT2D eigenvalue weighted by molar-refractivity contribution is 0.233. The van der Waals surface area contributed by atoms with Crippen LogP contribution in [0.25, 0.3) is 0 Å². The zero-order chi connectivity index (χ0) is 15.9. The summed E-state index contributed by atoms with van der Waals surface area (Å²) in [6.07, 6.45) is 2.30. The van der Waals surface area contributed by atoms with E-state index in [9.17, 15) is 4.57 Å². The van der Waals surface area contributed by atoms with Gasteiger partial charge in [-0.05, 0) is 29.9 Å². The molecule has 21 heavy (non-hydrogen) atoms. The molecule has 0 aromatic heterocycles. The third-order valence-corrected chi connectivity index (χ3v) is 5.05. The highest BCUT2D eigenvalue weighted by atomic mass is 31.2. The van der Waals surface area contributed by atoms with E-state index in [1.54, 1.807) is 0 Å². The quantitative estimate of drug-likeness (QED) is 0.536. The van der Waals surface area contributed by atoms with Gasteiger partial charge in [0, 0.05) is 0 Å². The molecule has 0 aliphatic heterocycles. The second-order valence-electron chi connectivity index (χ2n) is 6.16. The van der Waals surface area contributed by atoms with Crippen LogP contribution in [0.4, 0.5) is 0 Å². The molecule has 0 radical (unpaired) electrons. The van der Waals surface area contributed by atoms with Gasteiger partial charge in [-0.25, -0.2) is 4.57 Å². The normalized spacial score (nSPS) is 14.4. The van der Waals surface area contributed by atoms with Crippen molar-refractivity contribution in [2.45, 2.75) is 53.4 Å². The lowest BCUT2D eigenvalue weighted by Crippen LogP contribution is -2.08. The summed E-state index contributed by atoms with van der Waals surface area (Å²) in [4.78, 5) is 0. The van der Waals surface area contributed by atoms with Crippen LogP contribution in [0.2, 0.25) is 0 Å². The van der Waals surface area contributed by atoms with Crippen molar-refractivity contribution in [2.75, 3.05) is 12.8 Å². The summed E-state index contributed by atoms with van der Waals surface area (Å²) in [5, 5.41) is 0. The maximum Gasteiger partial charge on any atom is 0.379 e. The van der Waals surface area contributed by atoms with Gasteiger partial charge < -0.3 is 4.52 Å². The lowest BCUT2D eigenvalue weighted by atomic mass is 10.0. The van der Waals surface area contributed by atoms with Crippen LogP contribution in [-0.2, 0) is 9.09 Å².